The largest absolute Gasteiger partial charge is 0.468 e. The number of hydrogen-bond donors (Lipinski definition) is 2. The normalized spacial score (nSPS) is 17.9. The Hall–Kier alpha value is -2.38. The van der Waals surface area contributed by atoms with Crippen LogP contribution in [-0.4, -0.2) is 85.1 Å². The number of likely N-dealkylation sites (tertiary alicyclic amines) is 1. The van der Waals surface area contributed by atoms with Crippen molar-refractivity contribution in [2.75, 3.05) is 40.8 Å². The molecule has 1 aliphatic carbocycles. The molecule has 0 unspecified atom stereocenters. The van der Waals surface area contributed by atoms with E-state index < -0.39 is 0 Å². The van der Waals surface area contributed by atoms with E-state index >= 15 is 0 Å². The topological polar surface area (TPSA) is 101 Å². The molecule has 2 amide bonds. The van der Waals surface area contributed by atoms with Crippen molar-refractivity contribution in [1.82, 2.24) is 14.7 Å². The molecule has 1 aliphatic heterocycles. The minimum absolute atomic E-state index is 0.0981. The van der Waals surface area contributed by atoms with Crippen molar-refractivity contribution in [2.45, 2.75) is 31.7 Å². The second kappa shape index (κ2) is 8.82. The molecular formula is C18H29N5O3. The summed E-state index contributed by atoms with van der Waals surface area (Å²) in [5, 5.41) is 15.3. The highest BCUT2D eigenvalue weighted by Crippen LogP contribution is 2.32. The number of ether oxygens (including phenoxy) is 1. The summed E-state index contributed by atoms with van der Waals surface area (Å²) in [7, 11) is 5.22. The molecule has 0 aromatic rings. The monoisotopic (exact) mass is 363 g/mol. The van der Waals surface area contributed by atoms with Crippen molar-refractivity contribution in [3.8, 4) is 0 Å². The highest BCUT2D eigenvalue weighted by atomic mass is 16.5. The summed E-state index contributed by atoms with van der Waals surface area (Å²) in [5.41, 5.74) is 0. The Labute approximate surface area is 154 Å². The van der Waals surface area contributed by atoms with Crippen LogP contribution in [0.15, 0.2) is 12.2 Å². The molecular weight excluding hydrogens is 334 g/mol. The van der Waals surface area contributed by atoms with Crippen LogP contribution >= 0.6 is 0 Å². The molecule has 1 heterocycles. The fourth-order valence-corrected chi connectivity index (χ4v) is 2.86. The summed E-state index contributed by atoms with van der Waals surface area (Å²) in [6.07, 6.45) is 6.39. The van der Waals surface area contributed by atoms with E-state index in [1.165, 1.54) is 12.2 Å². The SMILES string of the molecule is CN(C)C(=N)/C=C\C(=N)OCC(=O)N(C)C1CCN(C(=O)C2CC2)CC1. The first kappa shape index (κ1) is 19.9. The van der Waals surface area contributed by atoms with E-state index in [2.05, 4.69) is 0 Å². The fraction of sp³-hybridized carbons (Fsp3) is 0.667. The number of hydrogen-bond acceptors (Lipinski definition) is 5. The van der Waals surface area contributed by atoms with Crippen LogP contribution in [0.2, 0.25) is 0 Å². The number of amides is 2. The van der Waals surface area contributed by atoms with E-state index in [1.807, 2.05) is 4.90 Å². The van der Waals surface area contributed by atoms with E-state index in [4.69, 9.17) is 15.6 Å². The van der Waals surface area contributed by atoms with Crippen LogP contribution in [0.1, 0.15) is 25.7 Å². The molecule has 2 fully saturated rings. The van der Waals surface area contributed by atoms with Crippen molar-refractivity contribution in [1.29, 1.82) is 10.8 Å². The predicted octanol–water partition coefficient (Wildman–Crippen LogP) is 0.935. The van der Waals surface area contributed by atoms with Crippen LogP contribution in [0.3, 0.4) is 0 Å². The number of likely N-dealkylation sites (N-methyl/N-ethyl adjacent to an activating group) is 2. The molecule has 0 aromatic heterocycles. The molecule has 8 heteroatoms. The van der Waals surface area contributed by atoms with Crippen molar-refractivity contribution >= 4 is 23.5 Å². The van der Waals surface area contributed by atoms with Crippen molar-refractivity contribution < 1.29 is 14.3 Å². The standard InChI is InChI=1S/C18H29N5O3/c1-21(2)15(19)6-7-16(20)26-12-17(24)22(3)14-8-10-23(11-9-14)18(25)13-4-5-13/h6-7,13-14,19-20H,4-5,8-12H2,1-3H3/b7-6-,19-15?,20-16?. The maximum absolute atomic E-state index is 12.3. The van der Waals surface area contributed by atoms with Gasteiger partial charge in [0.1, 0.15) is 5.84 Å². The quantitative estimate of drug-likeness (QED) is 0.541. The molecule has 0 bridgehead atoms. The maximum Gasteiger partial charge on any atom is 0.260 e. The van der Waals surface area contributed by atoms with Gasteiger partial charge in [0.25, 0.3) is 5.91 Å². The molecule has 26 heavy (non-hydrogen) atoms. The van der Waals surface area contributed by atoms with Crippen molar-refractivity contribution in [3.05, 3.63) is 12.2 Å². The molecule has 2 N–H and O–H groups in total. The van der Waals surface area contributed by atoms with Crippen LogP contribution in [0.25, 0.3) is 0 Å². The molecule has 8 nitrogen and oxygen atoms in total. The highest BCUT2D eigenvalue weighted by molar-refractivity contribution is 5.97. The summed E-state index contributed by atoms with van der Waals surface area (Å²) >= 11 is 0. The highest BCUT2D eigenvalue weighted by Gasteiger charge is 2.35. The summed E-state index contributed by atoms with van der Waals surface area (Å²) in [4.78, 5) is 29.5. The minimum Gasteiger partial charge on any atom is -0.468 e. The van der Waals surface area contributed by atoms with Crippen LogP contribution in [0, 0.1) is 16.7 Å². The van der Waals surface area contributed by atoms with Gasteiger partial charge in [-0.15, -0.1) is 0 Å². The van der Waals surface area contributed by atoms with Crippen molar-refractivity contribution in [2.24, 2.45) is 5.92 Å². The van der Waals surface area contributed by atoms with Crippen LogP contribution in [-0.2, 0) is 14.3 Å². The molecule has 1 saturated heterocycles. The zero-order valence-corrected chi connectivity index (χ0v) is 15.8. The van der Waals surface area contributed by atoms with E-state index in [-0.39, 0.29) is 42.1 Å². The van der Waals surface area contributed by atoms with Gasteiger partial charge in [-0.1, -0.05) is 0 Å². The Bertz CT molecular complexity index is 590. The zero-order chi connectivity index (χ0) is 19.3. The molecule has 144 valence electrons. The number of rotatable bonds is 6. The molecule has 2 aliphatic rings. The average molecular weight is 363 g/mol. The van der Waals surface area contributed by atoms with Gasteiger partial charge in [0.2, 0.25) is 11.8 Å². The number of nitrogens with one attached hydrogen (secondary N) is 2. The lowest BCUT2D eigenvalue weighted by atomic mass is 10.0. The first-order valence-electron chi connectivity index (χ1n) is 8.99. The summed E-state index contributed by atoms with van der Waals surface area (Å²) in [5.74, 6) is 0.423. The van der Waals surface area contributed by atoms with Crippen LogP contribution in [0.4, 0.5) is 0 Å². The summed E-state index contributed by atoms with van der Waals surface area (Å²) in [6.45, 7) is 1.20. The number of nitrogens with zero attached hydrogens (tertiary/aromatic N) is 3. The minimum atomic E-state index is -0.198. The second-order valence-corrected chi connectivity index (χ2v) is 7.10. The van der Waals surface area contributed by atoms with Gasteiger partial charge in [-0.2, -0.15) is 0 Å². The smallest absolute Gasteiger partial charge is 0.260 e. The molecule has 2 rings (SSSR count). The van der Waals surface area contributed by atoms with Gasteiger partial charge in [-0.3, -0.25) is 20.4 Å². The van der Waals surface area contributed by atoms with Gasteiger partial charge < -0.3 is 19.4 Å². The van der Waals surface area contributed by atoms with Gasteiger partial charge in [0.15, 0.2) is 6.61 Å². The van der Waals surface area contributed by atoms with Gasteiger partial charge >= 0.3 is 0 Å². The Morgan fingerprint density at radius 2 is 1.69 bits per heavy atom. The Morgan fingerprint density at radius 3 is 2.23 bits per heavy atom. The van der Waals surface area contributed by atoms with E-state index in [0.29, 0.717) is 13.1 Å². The van der Waals surface area contributed by atoms with Gasteiger partial charge in [-0.25, -0.2) is 0 Å². The summed E-state index contributed by atoms with van der Waals surface area (Å²) < 4.78 is 5.17. The first-order chi connectivity index (χ1) is 12.3. The molecule has 0 atom stereocenters. The molecule has 0 spiro atoms. The predicted molar refractivity (Wildman–Crippen MR) is 99.3 cm³/mol. The Balaban J connectivity index is 1.71. The van der Waals surface area contributed by atoms with Gasteiger partial charge in [0.05, 0.1) is 0 Å². The maximum atomic E-state index is 12.3. The number of piperidine rings is 1. The van der Waals surface area contributed by atoms with E-state index in [9.17, 15) is 9.59 Å². The lowest BCUT2D eigenvalue weighted by Gasteiger charge is -2.36. The number of carbonyl (C=O) groups is 2. The van der Waals surface area contributed by atoms with Gasteiger partial charge in [-0.05, 0) is 31.8 Å². The third kappa shape index (κ3) is 5.57. The molecule has 0 aromatic carbocycles. The fourth-order valence-electron chi connectivity index (χ4n) is 2.86. The lowest BCUT2D eigenvalue weighted by molar-refractivity contribution is -0.137. The summed E-state index contributed by atoms with van der Waals surface area (Å²) in [6, 6.07) is 0.0981. The van der Waals surface area contributed by atoms with E-state index in [1.54, 1.807) is 30.9 Å². The van der Waals surface area contributed by atoms with Crippen LogP contribution < -0.4 is 0 Å². The second-order valence-electron chi connectivity index (χ2n) is 7.10. The van der Waals surface area contributed by atoms with Crippen LogP contribution in [0.5, 0.6) is 0 Å². The van der Waals surface area contributed by atoms with Gasteiger partial charge in [0, 0.05) is 52.3 Å². The lowest BCUT2D eigenvalue weighted by Crippen LogP contribution is -2.48. The number of amidine groups is 1. The average Bonchev–Trinajstić information content (AvgIpc) is 3.48. The first-order valence-corrected chi connectivity index (χ1v) is 8.99. The third-order valence-corrected chi connectivity index (χ3v) is 4.87. The molecule has 1 saturated carbocycles. The zero-order valence-electron chi connectivity index (χ0n) is 15.8. The molecule has 0 radical (unpaired) electrons. The van der Waals surface area contributed by atoms with E-state index in [0.717, 1.165) is 25.7 Å². The Kier molecular flexibility index (Phi) is 6.76. The van der Waals surface area contributed by atoms with Crippen molar-refractivity contribution in [3.63, 3.8) is 0 Å². The third-order valence-electron chi connectivity index (χ3n) is 4.87. The number of carbonyl (C=O) groups excluding carboxylic acids is 2. The Morgan fingerprint density at radius 1 is 1.08 bits per heavy atom.